The van der Waals surface area contributed by atoms with Crippen molar-refractivity contribution in [2.75, 3.05) is 12.8 Å². The van der Waals surface area contributed by atoms with Gasteiger partial charge in [-0.15, -0.1) is 0 Å². The third-order valence-corrected chi connectivity index (χ3v) is 2.48. The van der Waals surface area contributed by atoms with Crippen LogP contribution in [0.15, 0.2) is 24.3 Å². The van der Waals surface area contributed by atoms with Gasteiger partial charge in [-0.05, 0) is 19.1 Å². The minimum atomic E-state index is -0.607. The number of anilines is 1. The molecular formula is C12H12N4O4. The van der Waals surface area contributed by atoms with E-state index in [-0.39, 0.29) is 23.2 Å². The average Bonchev–Trinajstić information content (AvgIpc) is 2.37. The highest BCUT2D eigenvalue weighted by Crippen LogP contribution is 2.32. The van der Waals surface area contributed by atoms with Gasteiger partial charge in [-0.3, -0.25) is 10.1 Å². The van der Waals surface area contributed by atoms with Crippen LogP contribution in [0.1, 0.15) is 5.69 Å². The normalized spacial score (nSPS) is 10.1. The Morgan fingerprint density at radius 1 is 1.30 bits per heavy atom. The van der Waals surface area contributed by atoms with Crippen LogP contribution >= 0.6 is 0 Å². The quantitative estimate of drug-likeness (QED) is 0.671. The van der Waals surface area contributed by atoms with Crippen LogP contribution < -0.4 is 15.2 Å². The Morgan fingerprint density at radius 3 is 2.65 bits per heavy atom. The molecule has 2 N–H and O–H groups in total. The number of benzene rings is 1. The summed E-state index contributed by atoms with van der Waals surface area (Å²) in [5, 5.41) is 11.0. The number of aromatic nitrogens is 2. The van der Waals surface area contributed by atoms with E-state index >= 15 is 0 Å². The fraction of sp³-hybridized carbons (Fsp3) is 0.167. The first kappa shape index (κ1) is 13.5. The Balaban J connectivity index is 2.44. The molecule has 0 bridgehead atoms. The van der Waals surface area contributed by atoms with Crippen LogP contribution in [0, 0.1) is 17.0 Å². The highest BCUT2D eigenvalue weighted by Gasteiger charge is 2.23. The number of rotatable bonds is 4. The SMILES string of the molecule is COc1cccc(Oc2nc(N)nc(C)c2[N+](=O)[O-])c1. The lowest BCUT2D eigenvalue weighted by Crippen LogP contribution is -2.04. The lowest BCUT2D eigenvalue weighted by atomic mass is 10.3. The van der Waals surface area contributed by atoms with Gasteiger partial charge in [-0.1, -0.05) is 6.07 Å². The number of nitro groups is 1. The van der Waals surface area contributed by atoms with E-state index in [1.54, 1.807) is 24.3 Å². The van der Waals surface area contributed by atoms with Gasteiger partial charge in [0.05, 0.1) is 12.0 Å². The van der Waals surface area contributed by atoms with Gasteiger partial charge in [-0.2, -0.15) is 4.98 Å². The molecule has 0 radical (unpaired) electrons. The number of nitrogens with two attached hydrogens (primary N) is 1. The summed E-state index contributed by atoms with van der Waals surface area (Å²) in [6.45, 7) is 1.47. The van der Waals surface area contributed by atoms with Crippen LogP contribution in [0.25, 0.3) is 0 Å². The van der Waals surface area contributed by atoms with Gasteiger partial charge in [0.25, 0.3) is 0 Å². The van der Waals surface area contributed by atoms with Crippen LogP contribution in [0.5, 0.6) is 17.4 Å². The summed E-state index contributed by atoms with van der Waals surface area (Å²) in [7, 11) is 1.51. The van der Waals surface area contributed by atoms with Crippen molar-refractivity contribution in [3.05, 3.63) is 40.1 Å². The molecule has 0 unspecified atom stereocenters. The van der Waals surface area contributed by atoms with Crippen LogP contribution in [-0.2, 0) is 0 Å². The van der Waals surface area contributed by atoms with Crippen LogP contribution in [0.2, 0.25) is 0 Å². The average molecular weight is 276 g/mol. The van der Waals surface area contributed by atoms with Gasteiger partial charge in [0.15, 0.2) is 0 Å². The number of methoxy groups -OCH3 is 1. The molecule has 1 heterocycles. The maximum atomic E-state index is 11.0. The second kappa shape index (κ2) is 5.39. The zero-order valence-electron chi connectivity index (χ0n) is 10.9. The first-order chi connectivity index (χ1) is 9.51. The summed E-state index contributed by atoms with van der Waals surface area (Å²) >= 11 is 0. The number of hydrogen-bond donors (Lipinski definition) is 1. The fourth-order valence-electron chi connectivity index (χ4n) is 1.62. The summed E-state index contributed by atoms with van der Waals surface area (Å²) in [5.41, 5.74) is 5.31. The summed E-state index contributed by atoms with van der Waals surface area (Å²) in [6, 6.07) is 6.62. The van der Waals surface area contributed by atoms with Crippen molar-refractivity contribution in [3.63, 3.8) is 0 Å². The van der Waals surface area contributed by atoms with Gasteiger partial charge in [0, 0.05) is 6.07 Å². The zero-order chi connectivity index (χ0) is 14.7. The minimum absolute atomic E-state index is 0.0917. The van der Waals surface area contributed by atoms with Crippen LogP contribution in [0.3, 0.4) is 0 Å². The van der Waals surface area contributed by atoms with Gasteiger partial charge in [-0.25, -0.2) is 4.98 Å². The number of hydrogen-bond acceptors (Lipinski definition) is 7. The van der Waals surface area contributed by atoms with Crippen molar-refractivity contribution in [2.45, 2.75) is 6.92 Å². The molecule has 0 aliphatic heterocycles. The Labute approximate surface area is 114 Å². The molecule has 0 aliphatic rings. The lowest BCUT2D eigenvalue weighted by molar-refractivity contribution is -0.386. The number of ether oxygens (including phenoxy) is 2. The Morgan fingerprint density at radius 2 is 2.00 bits per heavy atom. The standard InChI is InChI=1S/C12H12N4O4/c1-7-10(16(17)18)11(15-12(13)14-7)20-9-5-3-4-8(6-9)19-2/h3-6H,1-2H3,(H2,13,14,15). The van der Waals surface area contributed by atoms with Crippen molar-refractivity contribution in [1.29, 1.82) is 0 Å². The Bertz CT molecular complexity index is 660. The van der Waals surface area contributed by atoms with Gasteiger partial charge >= 0.3 is 11.6 Å². The smallest absolute Gasteiger partial charge is 0.352 e. The van der Waals surface area contributed by atoms with Crippen molar-refractivity contribution < 1.29 is 14.4 Å². The van der Waals surface area contributed by atoms with Crippen LogP contribution in [-0.4, -0.2) is 22.0 Å². The van der Waals surface area contributed by atoms with Gasteiger partial charge < -0.3 is 15.2 Å². The summed E-state index contributed by atoms with van der Waals surface area (Å²) in [5.74, 6) is 0.619. The second-order valence-corrected chi connectivity index (χ2v) is 3.86. The third-order valence-electron chi connectivity index (χ3n) is 2.48. The Hall–Kier alpha value is -2.90. The van der Waals surface area contributed by atoms with Crippen molar-refractivity contribution in [2.24, 2.45) is 0 Å². The molecule has 0 saturated carbocycles. The van der Waals surface area contributed by atoms with E-state index in [0.717, 1.165) is 0 Å². The van der Waals surface area contributed by atoms with E-state index in [0.29, 0.717) is 11.5 Å². The number of nitrogen functional groups attached to an aromatic ring is 1. The summed E-state index contributed by atoms with van der Waals surface area (Å²) < 4.78 is 10.5. The van der Waals surface area contributed by atoms with E-state index in [2.05, 4.69) is 9.97 Å². The monoisotopic (exact) mass is 276 g/mol. The molecule has 0 saturated heterocycles. The molecule has 20 heavy (non-hydrogen) atoms. The fourth-order valence-corrected chi connectivity index (χ4v) is 1.62. The van der Waals surface area contributed by atoms with Crippen molar-refractivity contribution in [3.8, 4) is 17.4 Å². The molecule has 8 heteroatoms. The predicted octanol–water partition coefficient (Wildman–Crippen LogP) is 2.08. The van der Waals surface area contributed by atoms with Crippen molar-refractivity contribution in [1.82, 2.24) is 9.97 Å². The number of nitrogens with zero attached hydrogens (tertiary/aromatic N) is 3. The topological polar surface area (TPSA) is 113 Å². The molecule has 0 aliphatic carbocycles. The minimum Gasteiger partial charge on any atom is -0.497 e. The molecule has 104 valence electrons. The molecule has 1 aromatic heterocycles. The highest BCUT2D eigenvalue weighted by atomic mass is 16.6. The highest BCUT2D eigenvalue weighted by molar-refractivity contribution is 5.49. The van der Waals surface area contributed by atoms with E-state index in [4.69, 9.17) is 15.2 Å². The lowest BCUT2D eigenvalue weighted by Gasteiger charge is -2.08. The molecule has 2 rings (SSSR count). The molecule has 0 amide bonds. The first-order valence-electron chi connectivity index (χ1n) is 5.61. The Kier molecular flexibility index (Phi) is 3.65. The maximum Gasteiger partial charge on any atom is 0.352 e. The van der Waals surface area contributed by atoms with Crippen molar-refractivity contribution >= 4 is 11.6 Å². The molecule has 8 nitrogen and oxygen atoms in total. The zero-order valence-corrected chi connectivity index (χ0v) is 10.9. The first-order valence-corrected chi connectivity index (χ1v) is 5.61. The van der Waals surface area contributed by atoms with Gasteiger partial charge in [0.1, 0.15) is 17.2 Å². The molecule has 2 aromatic rings. The molecule has 0 fully saturated rings. The van der Waals surface area contributed by atoms with E-state index < -0.39 is 4.92 Å². The molecule has 1 aromatic carbocycles. The summed E-state index contributed by atoms with van der Waals surface area (Å²) in [4.78, 5) is 18.0. The molecular weight excluding hydrogens is 264 g/mol. The largest absolute Gasteiger partial charge is 0.497 e. The van der Waals surface area contributed by atoms with E-state index in [1.165, 1.54) is 14.0 Å². The third kappa shape index (κ3) is 2.74. The molecule has 0 spiro atoms. The molecule has 0 atom stereocenters. The van der Waals surface area contributed by atoms with E-state index in [9.17, 15) is 10.1 Å². The van der Waals surface area contributed by atoms with E-state index in [1.807, 2.05) is 0 Å². The maximum absolute atomic E-state index is 11.0. The summed E-state index contributed by atoms with van der Waals surface area (Å²) in [6.07, 6.45) is 0. The van der Waals surface area contributed by atoms with Crippen LogP contribution in [0.4, 0.5) is 11.6 Å². The number of aryl methyl sites for hydroxylation is 1. The van der Waals surface area contributed by atoms with Gasteiger partial charge in [0.2, 0.25) is 5.95 Å². The predicted molar refractivity (Wildman–Crippen MR) is 70.9 cm³/mol. The second-order valence-electron chi connectivity index (χ2n) is 3.86.